The first-order chi connectivity index (χ1) is 8.84. The lowest BCUT2D eigenvalue weighted by molar-refractivity contribution is -0.157. The molecule has 0 aromatic heterocycles. The van der Waals surface area contributed by atoms with E-state index in [0.717, 1.165) is 30.8 Å². The number of hydrogen-bond acceptors (Lipinski definition) is 3. The van der Waals surface area contributed by atoms with E-state index in [2.05, 4.69) is 0 Å². The molecule has 3 fully saturated rings. The lowest BCUT2D eigenvalue weighted by Crippen LogP contribution is -2.60. The summed E-state index contributed by atoms with van der Waals surface area (Å²) in [6, 6.07) is -0.390. The Hall–Kier alpha value is -1.04. The summed E-state index contributed by atoms with van der Waals surface area (Å²) in [6.07, 6.45) is 1.72. The van der Waals surface area contributed by atoms with E-state index in [1.807, 2.05) is 4.90 Å². The third kappa shape index (κ3) is 2.78. The van der Waals surface area contributed by atoms with Crippen LogP contribution in [0, 0.1) is 5.92 Å². The Bertz CT molecular complexity index is 373. The number of nitrogens with zero attached hydrogens (tertiary/aromatic N) is 2. The van der Waals surface area contributed by atoms with Crippen molar-refractivity contribution in [3.05, 3.63) is 0 Å². The Morgan fingerprint density at radius 2 is 2.00 bits per heavy atom. The summed E-state index contributed by atoms with van der Waals surface area (Å²) < 4.78 is 26.2. The highest BCUT2D eigenvalue weighted by atomic mass is 19.3. The van der Waals surface area contributed by atoms with E-state index in [1.165, 1.54) is 0 Å². The van der Waals surface area contributed by atoms with Gasteiger partial charge in [0.05, 0.1) is 6.04 Å². The van der Waals surface area contributed by atoms with Gasteiger partial charge in [-0.15, -0.1) is 0 Å². The number of fused-ring (bicyclic) bond motifs is 3. The van der Waals surface area contributed by atoms with Crippen molar-refractivity contribution in [1.29, 1.82) is 0 Å². The minimum atomic E-state index is -3.37. The average Bonchev–Trinajstić information content (AvgIpc) is 2.37. The molecule has 108 valence electrons. The molecule has 6 heteroatoms. The molecule has 1 amide bonds. The molecule has 19 heavy (non-hydrogen) atoms. The van der Waals surface area contributed by atoms with Gasteiger partial charge in [0.1, 0.15) is 0 Å². The zero-order chi connectivity index (χ0) is 14.2. The quantitative estimate of drug-likeness (QED) is 0.772. The molecule has 0 spiro atoms. The molecule has 0 radical (unpaired) electrons. The second-order valence-corrected chi connectivity index (χ2v) is 5.46. The van der Waals surface area contributed by atoms with Gasteiger partial charge >= 0.3 is 5.92 Å². The minimum absolute atomic E-state index is 0.0611. The van der Waals surface area contributed by atoms with Gasteiger partial charge in [0, 0.05) is 25.9 Å². The number of halogens is 2. The predicted octanol–water partition coefficient (Wildman–Crippen LogP) is 1.15. The Morgan fingerprint density at radius 3 is 2.42 bits per heavy atom. The molecule has 0 aliphatic carbocycles. The lowest BCUT2D eigenvalue weighted by Gasteiger charge is -2.45. The van der Waals surface area contributed by atoms with Crippen LogP contribution in [-0.4, -0.2) is 59.6 Å². The van der Waals surface area contributed by atoms with Crippen LogP contribution >= 0.6 is 0 Å². The molecular formula is C13H20F2N2O2. The van der Waals surface area contributed by atoms with Crippen LogP contribution in [0.2, 0.25) is 0 Å². The van der Waals surface area contributed by atoms with Gasteiger partial charge in [0.25, 0.3) is 5.91 Å². The van der Waals surface area contributed by atoms with Gasteiger partial charge in [-0.3, -0.25) is 14.5 Å². The van der Waals surface area contributed by atoms with Crippen molar-refractivity contribution >= 4 is 11.7 Å². The van der Waals surface area contributed by atoms with Crippen LogP contribution in [0.25, 0.3) is 0 Å². The number of carbonyl (C=O) groups excluding carboxylic acids is 2. The van der Waals surface area contributed by atoms with Crippen molar-refractivity contribution in [1.82, 2.24) is 9.80 Å². The Morgan fingerprint density at radius 1 is 1.42 bits per heavy atom. The molecule has 3 heterocycles. The van der Waals surface area contributed by atoms with Gasteiger partial charge in [0.15, 0.2) is 5.78 Å². The van der Waals surface area contributed by atoms with E-state index in [1.54, 1.807) is 6.92 Å². The molecule has 4 nitrogen and oxygen atoms in total. The van der Waals surface area contributed by atoms with Crippen molar-refractivity contribution in [2.75, 3.05) is 26.2 Å². The molecule has 3 saturated heterocycles. The topological polar surface area (TPSA) is 40.6 Å². The Kier molecular flexibility index (Phi) is 3.90. The molecule has 0 aromatic rings. The highest BCUT2D eigenvalue weighted by Crippen LogP contribution is 2.29. The van der Waals surface area contributed by atoms with Gasteiger partial charge in [-0.1, -0.05) is 0 Å². The maximum atomic E-state index is 13.1. The highest BCUT2D eigenvalue weighted by Gasteiger charge is 2.44. The van der Waals surface area contributed by atoms with Crippen LogP contribution in [0.1, 0.15) is 26.7 Å². The van der Waals surface area contributed by atoms with Crippen molar-refractivity contribution in [3.8, 4) is 0 Å². The number of hydrogen-bond donors (Lipinski definition) is 0. The molecule has 2 bridgehead atoms. The maximum Gasteiger partial charge on any atom is 0.322 e. The van der Waals surface area contributed by atoms with Gasteiger partial charge in [-0.25, -0.2) is 0 Å². The summed E-state index contributed by atoms with van der Waals surface area (Å²) in [4.78, 5) is 26.9. The summed E-state index contributed by atoms with van der Waals surface area (Å²) >= 11 is 0. The van der Waals surface area contributed by atoms with Gasteiger partial charge in [-0.05, 0) is 32.9 Å². The zero-order valence-corrected chi connectivity index (χ0v) is 11.4. The molecular weight excluding hydrogens is 254 g/mol. The number of piperidine rings is 3. The van der Waals surface area contributed by atoms with Crippen molar-refractivity contribution in [3.63, 3.8) is 0 Å². The molecule has 0 N–H and O–H groups in total. The number of carbonyl (C=O) groups is 2. The van der Waals surface area contributed by atoms with Crippen LogP contribution in [0.4, 0.5) is 8.78 Å². The number of ketones is 1. The monoisotopic (exact) mass is 274 g/mol. The lowest BCUT2D eigenvalue weighted by atomic mass is 9.82. The summed E-state index contributed by atoms with van der Waals surface area (Å²) in [5.74, 6) is -4.39. The highest BCUT2D eigenvalue weighted by molar-refractivity contribution is 5.89. The van der Waals surface area contributed by atoms with Crippen molar-refractivity contribution < 1.29 is 18.4 Å². The van der Waals surface area contributed by atoms with E-state index in [9.17, 15) is 18.4 Å². The molecule has 1 unspecified atom stereocenters. The normalized spacial score (nSPS) is 30.5. The first-order valence-electron chi connectivity index (χ1n) is 6.79. The largest absolute Gasteiger partial charge is 0.336 e. The summed E-state index contributed by atoms with van der Waals surface area (Å²) in [6.45, 7) is 4.21. The summed E-state index contributed by atoms with van der Waals surface area (Å²) in [5.41, 5.74) is 0. The van der Waals surface area contributed by atoms with E-state index in [4.69, 9.17) is 0 Å². The van der Waals surface area contributed by atoms with Crippen LogP contribution in [0.3, 0.4) is 0 Å². The fourth-order valence-electron chi connectivity index (χ4n) is 3.00. The molecule has 1 atom stereocenters. The average molecular weight is 274 g/mol. The standard InChI is InChI=1S/C13H20F2N2O2/c1-3-16(12(19)13(2,14)15)8-10-11(18)9-4-6-17(10)7-5-9/h9-10H,3-8H2,1-2H3. The smallest absolute Gasteiger partial charge is 0.322 e. The van der Waals surface area contributed by atoms with E-state index < -0.39 is 17.9 Å². The molecule has 3 rings (SSSR count). The third-order valence-corrected chi connectivity index (χ3v) is 4.14. The van der Waals surface area contributed by atoms with Crippen LogP contribution in [-0.2, 0) is 9.59 Å². The van der Waals surface area contributed by atoms with E-state index in [0.29, 0.717) is 6.92 Å². The summed E-state index contributed by atoms with van der Waals surface area (Å²) in [7, 11) is 0. The third-order valence-electron chi connectivity index (χ3n) is 4.14. The summed E-state index contributed by atoms with van der Waals surface area (Å²) in [5, 5.41) is 0. The second-order valence-electron chi connectivity index (χ2n) is 5.46. The maximum absolute atomic E-state index is 13.1. The fourth-order valence-corrected chi connectivity index (χ4v) is 3.00. The molecule has 3 aliphatic rings. The number of likely N-dealkylation sites (N-methyl/N-ethyl adjacent to an activating group) is 1. The van der Waals surface area contributed by atoms with Gasteiger partial charge < -0.3 is 4.90 Å². The predicted molar refractivity (Wildman–Crippen MR) is 66.0 cm³/mol. The van der Waals surface area contributed by atoms with Crippen LogP contribution < -0.4 is 0 Å². The van der Waals surface area contributed by atoms with Crippen LogP contribution in [0.5, 0.6) is 0 Å². The van der Waals surface area contributed by atoms with Crippen LogP contribution in [0.15, 0.2) is 0 Å². The number of Topliss-reactive ketones (excluding diaryl/α,β-unsaturated/α-hetero) is 1. The Balaban J connectivity index is 2.06. The Labute approximate surface area is 111 Å². The number of amides is 1. The van der Waals surface area contributed by atoms with Gasteiger partial charge in [-0.2, -0.15) is 8.78 Å². The first kappa shape index (κ1) is 14.4. The molecule has 0 saturated carbocycles. The van der Waals surface area contributed by atoms with Crippen molar-refractivity contribution in [2.24, 2.45) is 5.92 Å². The SMILES string of the molecule is CCN(CC1C(=O)C2CCN1CC2)C(=O)C(C)(F)F. The van der Waals surface area contributed by atoms with Crippen molar-refractivity contribution in [2.45, 2.75) is 38.7 Å². The van der Waals surface area contributed by atoms with E-state index in [-0.39, 0.29) is 24.8 Å². The molecule has 0 aromatic carbocycles. The van der Waals surface area contributed by atoms with E-state index >= 15 is 0 Å². The first-order valence-corrected chi connectivity index (χ1v) is 6.79. The fraction of sp³-hybridized carbons (Fsp3) is 0.846. The number of alkyl halides is 2. The zero-order valence-electron chi connectivity index (χ0n) is 11.4. The van der Waals surface area contributed by atoms with Gasteiger partial charge in [0.2, 0.25) is 0 Å². The second kappa shape index (κ2) is 5.15. The molecule has 3 aliphatic heterocycles. The number of rotatable bonds is 4. The minimum Gasteiger partial charge on any atom is -0.336 e.